The number of hydrogen-bond donors (Lipinski definition) is 2. The first kappa shape index (κ1) is 24.4. The molecule has 5 nitrogen and oxygen atoms in total. The van der Waals surface area contributed by atoms with E-state index in [-0.39, 0.29) is 6.04 Å². The summed E-state index contributed by atoms with van der Waals surface area (Å²) in [6, 6.07) is 12.3. The summed E-state index contributed by atoms with van der Waals surface area (Å²) in [6.45, 7) is 7.04. The average molecular weight is 448 g/mol. The number of rotatable bonds is 8. The fourth-order valence-corrected chi connectivity index (χ4v) is 3.98. The first-order chi connectivity index (χ1) is 15.9. The Morgan fingerprint density at radius 1 is 1.24 bits per heavy atom. The molecule has 33 heavy (non-hydrogen) atoms. The van der Waals surface area contributed by atoms with Gasteiger partial charge in [0.2, 0.25) is 0 Å². The Balaban J connectivity index is 2.03. The molecule has 6 heteroatoms. The summed E-state index contributed by atoms with van der Waals surface area (Å²) >= 11 is 0. The molecule has 0 amide bonds. The van der Waals surface area contributed by atoms with E-state index in [4.69, 9.17) is 4.98 Å². The maximum Gasteiger partial charge on any atom is 0.134 e. The van der Waals surface area contributed by atoms with Crippen molar-refractivity contribution in [3.63, 3.8) is 0 Å². The first-order valence-electron chi connectivity index (χ1n) is 11.3. The fraction of sp³-hybridized carbons (Fsp3) is 0.333. The van der Waals surface area contributed by atoms with Crippen LogP contribution in [0.5, 0.6) is 0 Å². The van der Waals surface area contributed by atoms with Gasteiger partial charge in [-0.2, -0.15) is 0 Å². The van der Waals surface area contributed by atoms with Crippen molar-refractivity contribution < 1.29 is 4.39 Å². The van der Waals surface area contributed by atoms with Crippen molar-refractivity contribution in [2.24, 2.45) is 4.99 Å². The zero-order valence-corrected chi connectivity index (χ0v) is 20.0. The van der Waals surface area contributed by atoms with Gasteiger partial charge in [0.05, 0.1) is 5.69 Å². The minimum atomic E-state index is -0.862. The molecule has 2 N–H and O–H groups in total. The van der Waals surface area contributed by atoms with E-state index in [0.717, 1.165) is 39.3 Å². The molecular weight excluding hydrogens is 413 g/mol. The van der Waals surface area contributed by atoms with E-state index in [1.54, 1.807) is 7.05 Å². The monoisotopic (exact) mass is 447 g/mol. The Labute approximate surface area is 196 Å². The number of alkyl halides is 1. The van der Waals surface area contributed by atoms with E-state index in [9.17, 15) is 4.39 Å². The maximum atomic E-state index is 14.0. The minimum Gasteiger partial charge on any atom is -0.383 e. The molecule has 1 unspecified atom stereocenters. The summed E-state index contributed by atoms with van der Waals surface area (Å²) in [7, 11) is 5.74. The van der Waals surface area contributed by atoms with Gasteiger partial charge in [-0.15, -0.1) is 0 Å². The van der Waals surface area contributed by atoms with E-state index >= 15 is 0 Å². The summed E-state index contributed by atoms with van der Waals surface area (Å²) in [5, 5.41) is 6.64. The van der Waals surface area contributed by atoms with Crippen LogP contribution in [0, 0.1) is 0 Å². The summed E-state index contributed by atoms with van der Waals surface area (Å²) in [4.78, 5) is 11.2. The number of halogens is 1. The lowest BCUT2D eigenvalue weighted by atomic mass is 10.00. The Morgan fingerprint density at radius 2 is 2.06 bits per heavy atom. The number of aliphatic imine (C=N–C) groups is 1. The van der Waals surface area contributed by atoms with Crippen LogP contribution >= 0.6 is 0 Å². The van der Waals surface area contributed by atoms with Gasteiger partial charge in [0.15, 0.2) is 0 Å². The van der Waals surface area contributed by atoms with Crippen molar-refractivity contribution in [3.8, 4) is 11.3 Å². The molecule has 174 valence electrons. The van der Waals surface area contributed by atoms with Crippen molar-refractivity contribution in [3.05, 3.63) is 72.5 Å². The number of allylic oxidation sites excluding steroid dienone is 4. The Morgan fingerprint density at radius 3 is 2.73 bits per heavy atom. The molecule has 1 fully saturated rings. The minimum absolute atomic E-state index is 0.0337. The van der Waals surface area contributed by atoms with Crippen LogP contribution in [0.4, 0.5) is 10.2 Å². The van der Waals surface area contributed by atoms with Gasteiger partial charge in [0, 0.05) is 70.2 Å². The normalized spacial score (nSPS) is 19.5. The lowest BCUT2D eigenvalue weighted by Crippen LogP contribution is -2.44. The number of benzene rings is 1. The third-order valence-corrected chi connectivity index (χ3v) is 5.53. The predicted octanol–water partition coefficient (Wildman–Crippen LogP) is 5.05. The highest BCUT2D eigenvalue weighted by Crippen LogP contribution is 2.29. The number of nitrogens with one attached hydrogen (secondary N) is 2. The second kappa shape index (κ2) is 11.6. The van der Waals surface area contributed by atoms with Gasteiger partial charge in [-0.05, 0) is 41.8 Å². The summed E-state index contributed by atoms with van der Waals surface area (Å²) in [5.41, 5.74) is 5.88. The van der Waals surface area contributed by atoms with Crippen LogP contribution in [0.15, 0.2) is 66.3 Å². The van der Waals surface area contributed by atoms with Gasteiger partial charge < -0.3 is 15.5 Å². The number of piperidine rings is 1. The van der Waals surface area contributed by atoms with Crippen LogP contribution in [0.3, 0.4) is 0 Å². The molecule has 0 bridgehead atoms. The van der Waals surface area contributed by atoms with Crippen LogP contribution in [-0.4, -0.2) is 62.5 Å². The predicted molar refractivity (Wildman–Crippen MR) is 139 cm³/mol. The number of anilines is 1. The largest absolute Gasteiger partial charge is 0.383 e. The molecule has 1 aliphatic rings. The first-order valence-corrected chi connectivity index (χ1v) is 11.3. The molecule has 2 atom stereocenters. The zero-order valence-electron chi connectivity index (χ0n) is 20.0. The molecule has 1 aromatic carbocycles. The third-order valence-electron chi connectivity index (χ3n) is 5.53. The van der Waals surface area contributed by atoms with E-state index < -0.39 is 6.17 Å². The average Bonchev–Trinajstić information content (AvgIpc) is 2.81. The molecule has 1 saturated heterocycles. The van der Waals surface area contributed by atoms with Gasteiger partial charge >= 0.3 is 0 Å². The highest BCUT2D eigenvalue weighted by atomic mass is 19.1. The van der Waals surface area contributed by atoms with Gasteiger partial charge in [-0.3, -0.25) is 4.99 Å². The molecule has 0 aliphatic carbocycles. The standard InChI is InChI=1S/C27H34FN5/c1-6-19(15-29-3)25-11-12-26(32-27(25)31-24-14-23(28)16-30-17-24)22-10-8-9-21(13-22)20(7-2)18-33(4)5/h6-13,15,18,23-24,30H,2,14,16-17H2,1,3-5H3,(H,31,32)/b19-6+,20-18+,29-15?/t23-,24?/m0/s1. The van der Waals surface area contributed by atoms with Gasteiger partial charge in [0.1, 0.15) is 12.0 Å². The molecule has 0 saturated carbocycles. The highest BCUT2D eigenvalue weighted by molar-refractivity contribution is 6.11. The quantitative estimate of drug-likeness (QED) is 0.439. The van der Waals surface area contributed by atoms with Crippen molar-refractivity contribution in [1.82, 2.24) is 15.2 Å². The summed E-state index contributed by atoms with van der Waals surface area (Å²) in [5.74, 6) is 0.736. The lowest BCUT2D eigenvalue weighted by Gasteiger charge is -2.28. The van der Waals surface area contributed by atoms with E-state index in [1.165, 1.54) is 0 Å². The molecule has 3 rings (SSSR count). The Kier molecular flexibility index (Phi) is 8.55. The lowest BCUT2D eigenvalue weighted by molar-refractivity contribution is 0.255. The topological polar surface area (TPSA) is 52.5 Å². The van der Waals surface area contributed by atoms with E-state index in [1.807, 2.05) is 62.6 Å². The number of pyridine rings is 1. The molecule has 0 spiro atoms. The van der Waals surface area contributed by atoms with E-state index in [2.05, 4.69) is 46.5 Å². The van der Waals surface area contributed by atoms with Crippen molar-refractivity contribution in [2.45, 2.75) is 25.6 Å². The second-order valence-electron chi connectivity index (χ2n) is 8.39. The number of hydrogen-bond acceptors (Lipinski definition) is 5. The number of nitrogens with zero attached hydrogens (tertiary/aromatic N) is 3. The van der Waals surface area contributed by atoms with Crippen LogP contribution in [0.1, 0.15) is 24.5 Å². The van der Waals surface area contributed by atoms with Crippen molar-refractivity contribution in [1.29, 1.82) is 0 Å². The summed E-state index contributed by atoms with van der Waals surface area (Å²) < 4.78 is 14.0. The van der Waals surface area contributed by atoms with Crippen LogP contribution in [0.2, 0.25) is 0 Å². The van der Waals surface area contributed by atoms with Crippen molar-refractivity contribution in [2.75, 3.05) is 39.5 Å². The fourth-order valence-electron chi connectivity index (χ4n) is 3.98. The third kappa shape index (κ3) is 6.39. The van der Waals surface area contributed by atoms with Crippen LogP contribution in [0.25, 0.3) is 22.4 Å². The molecule has 1 aromatic heterocycles. The SMILES string of the molecule is C=C/C(=C\N(C)C)c1cccc(-c2ccc(/C(C=NC)=C/C)c(NC3CNC[C@@H](F)C3)n2)c1. The van der Waals surface area contributed by atoms with Gasteiger partial charge in [-0.1, -0.05) is 36.9 Å². The van der Waals surface area contributed by atoms with Crippen molar-refractivity contribution >= 4 is 23.2 Å². The van der Waals surface area contributed by atoms with Gasteiger partial charge in [0.25, 0.3) is 0 Å². The Bertz CT molecular complexity index is 1050. The maximum absolute atomic E-state index is 14.0. The van der Waals surface area contributed by atoms with Gasteiger partial charge in [-0.25, -0.2) is 9.37 Å². The summed E-state index contributed by atoms with van der Waals surface area (Å²) in [6.07, 6.45) is 7.32. The highest BCUT2D eigenvalue weighted by Gasteiger charge is 2.22. The molecule has 2 heterocycles. The Hall–Kier alpha value is -3.25. The number of aromatic nitrogens is 1. The second-order valence-corrected chi connectivity index (χ2v) is 8.39. The molecular formula is C27H34FN5. The smallest absolute Gasteiger partial charge is 0.134 e. The van der Waals surface area contributed by atoms with E-state index in [0.29, 0.717) is 19.5 Å². The van der Waals surface area contributed by atoms with Crippen LogP contribution in [-0.2, 0) is 0 Å². The molecule has 1 aliphatic heterocycles. The molecule has 2 aromatic rings. The molecule has 0 radical (unpaired) electrons. The van der Waals surface area contributed by atoms with Crippen LogP contribution < -0.4 is 10.6 Å². The zero-order chi connectivity index (χ0) is 23.8.